The number of para-hydroxylation sites is 1. The highest BCUT2D eigenvalue weighted by molar-refractivity contribution is 5.89. The van der Waals surface area contributed by atoms with Gasteiger partial charge in [0.15, 0.2) is 12.2 Å². The number of ether oxygens (including phenoxy) is 6. The van der Waals surface area contributed by atoms with E-state index < -0.39 is 30.4 Å². The number of unbranched alkanes of at least 4 members (excludes halogenated alkanes) is 3. The minimum Gasteiger partial charge on any atom is -0.490 e. The van der Waals surface area contributed by atoms with Gasteiger partial charge in [0.25, 0.3) is 0 Å². The van der Waals surface area contributed by atoms with Crippen molar-refractivity contribution in [2.45, 2.75) is 77.9 Å². The Morgan fingerprint density at radius 1 is 0.680 bits per heavy atom. The van der Waals surface area contributed by atoms with Crippen LogP contribution in [-0.2, 0) is 29.2 Å². The average Bonchev–Trinajstić information content (AvgIpc) is 3.08. The summed E-state index contributed by atoms with van der Waals surface area (Å²) >= 11 is 0. The lowest BCUT2D eigenvalue weighted by molar-refractivity contribution is -0.142. The standard InChI is InChI=1S/C38H53N3O9/c1-27(2)34(39)47-25-32(23-46-31-19-17-29(18-20-31)38(5,6)7)49-36(43)40-21-13-8-9-14-22-41-37(44)50-33(26-48-35(42)28(3)4)24-45-30-15-11-10-12-16-30/h10-12,15-20,32-33,39H,1,3,8-9,13-14,21-26H2,2,4-7H3,(H,40,43)(H,41,44). The number of hydrogen-bond acceptors (Lipinski definition) is 10. The Morgan fingerprint density at radius 2 is 1.16 bits per heavy atom. The number of benzene rings is 2. The summed E-state index contributed by atoms with van der Waals surface area (Å²) in [5, 5.41) is 13.3. The van der Waals surface area contributed by atoms with Crippen LogP contribution < -0.4 is 20.1 Å². The van der Waals surface area contributed by atoms with Gasteiger partial charge in [-0.05, 0) is 61.9 Å². The van der Waals surface area contributed by atoms with E-state index in [1.807, 2.05) is 42.5 Å². The summed E-state index contributed by atoms with van der Waals surface area (Å²) in [4.78, 5) is 36.7. The normalized spacial score (nSPS) is 12.0. The number of carbonyl (C=O) groups is 3. The zero-order valence-electron chi connectivity index (χ0n) is 30.0. The van der Waals surface area contributed by atoms with E-state index in [1.54, 1.807) is 19.1 Å². The second-order valence-corrected chi connectivity index (χ2v) is 12.8. The number of hydrogen-bond donors (Lipinski definition) is 3. The number of nitrogens with one attached hydrogen (secondary N) is 3. The number of alkyl carbamates (subject to hydrolysis) is 2. The Bertz CT molecular complexity index is 1390. The lowest BCUT2D eigenvalue weighted by Gasteiger charge is -2.21. The molecule has 2 amide bonds. The Kier molecular flexibility index (Phi) is 18.0. The number of carbonyl (C=O) groups excluding carboxylic acids is 3. The van der Waals surface area contributed by atoms with Crippen molar-refractivity contribution in [2.75, 3.05) is 39.5 Å². The van der Waals surface area contributed by atoms with E-state index in [4.69, 9.17) is 33.8 Å². The highest BCUT2D eigenvalue weighted by Gasteiger charge is 2.20. The monoisotopic (exact) mass is 695 g/mol. The largest absolute Gasteiger partial charge is 0.490 e. The first kappa shape index (κ1) is 41.2. The van der Waals surface area contributed by atoms with Crippen molar-refractivity contribution in [3.63, 3.8) is 0 Å². The number of amides is 2. The van der Waals surface area contributed by atoms with Crippen LogP contribution in [0, 0.1) is 5.41 Å². The maximum absolute atomic E-state index is 12.5. The minimum atomic E-state index is -0.819. The first-order valence-electron chi connectivity index (χ1n) is 16.7. The van der Waals surface area contributed by atoms with Gasteiger partial charge in [-0.25, -0.2) is 14.4 Å². The van der Waals surface area contributed by atoms with Crippen molar-refractivity contribution >= 4 is 24.1 Å². The van der Waals surface area contributed by atoms with E-state index >= 15 is 0 Å². The molecular formula is C38H53N3O9. The molecule has 0 saturated heterocycles. The summed E-state index contributed by atoms with van der Waals surface area (Å²) in [5.74, 6) is 0.557. The minimum absolute atomic E-state index is 0.000781. The molecule has 2 aromatic carbocycles. The van der Waals surface area contributed by atoms with Crippen LogP contribution in [0.2, 0.25) is 0 Å². The first-order valence-corrected chi connectivity index (χ1v) is 16.7. The van der Waals surface area contributed by atoms with Gasteiger partial charge in [-0.15, -0.1) is 0 Å². The van der Waals surface area contributed by atoms with Crippen molar-refractivity contribution in [2.24, 2.45) is 0 Å². The summed E-state index contributed by atoms with van der Waals surface area (Å²) in [6.45, 7) is 17.4. The number of esters is 1. The molecule has 12 nitrogen and oxygen atoms in total. The lowest BCUT2D eigenvalue weighted by Crippen LogP contribution is -2.36. The van der Waals surface area contributed by atoms with E-state index in [-0.39, 0.29) is 43.3 Å². The molecule has 0 bridgehead atoms. The molecule has 3 N–H and O–H groups in total. The average molecular weight is 696 g/mol. The molecule has 2 aromatic rings. The van der Waals surface area contributed by atoms with Crippen molar-refractivity contribution in [1.29, 1.82) is 5.41 Å². The highest BCUT2D eigenvalue weighted by atomic mass is 16.6. The molecule has 50 heavy (non-hydrogen) atoms. The van der Waals surface area contributed by atoms with E-state index in [0.717, 1.165) is 12.8 Å². The molecule has 0 aliphatic heterocycles. The molecule has 0 aromatic heterocycles. The molecule has 0 heterocycles. The second-order valence-electron chi connectivity index (χ2n) is 12.8. The fourth-order valence-corrected chi connectivity index (χ4v) is 4.14. The molecule has 0 spiro atoms. The van der Waals surface area contributed by atoms with Crippen molar-refractivity contribution in [3.8, 4) is 11.5 Å². The van der Waals surface area contributed by atoms with Gasteiger partial charge >= 0.3 is 18.2 Å². The van der Waals surface area contributed by atoms with Gasteiger partial charge in [0.1, 0.15) is 37.9 Å². The smallest absolute Gasteiger partial charge is 0.407 e. The van der Waals surface area contributed by atoms with Gasteiger partial charge in [0.05, 0.1) is 0 Å². The summed E-state index contributed by atoms with van der Waals surface area (Å²) < 4.78 is 33.1. The third kappa shape index (κ3) is 17.4. The van der Waals surface area contributed by atoms with Crippen molar-refractivity contribution in [3.05, 3.63) is 84.5 Å². The van der Waals surface area contributed by atoms with Gasteiger partial charge in [-0.3, -0.25) is 5.41 Å². The molecular weight excluding hydrogens is 642 g/mol. The fourth-order valence-electron chi connectivity index (χ4n) is 4.14. The summed E-state index contributed by atoms with van der Waals surface area (Å²) in [7, 11) is 0. The van der Waals surface area contributed by atoms with Crippen LogP contribution in [-0.4, -0.2) is 75.8 Å². The maximum atomic E-state index is 12.5. The lowest BCUT2D eigenvalue weighted by atomic mass is 9.87. The van der Waals surface area contributed by atoms with Crippen LogP contribution >= 0.6 is 0 Å². The van der Waals surface area contributed by atoms with Crippen LogP contribution in [0.3, 0.4) is 0 Å². The molecule has 0 aliphatic carbocycles. The predicted octanol–water partition coefficient (Wildman–Crippen LogP) is 6.88. The van der Waals surface area contributed by atoms with E-state index in [0.29, 0.717) is 43.0 Å². The Morgan fingerprint density at radius 3 is 1.62 bits per heavy atom. The van der Waals surface area contributed by atoms with Crippen LogP contribution in [0.4, 0.5) is 9.59 Å². The topological polar surface area (TPSA) is 154 Å². The van der Waals surface area contributed by atoms with Crippen LogP contribution in [0.15, 0.2) is 78.9 Å². The van der Waals surface area contributed by atoms with E-state index in [9.17, 15) is 14.4 Å². The molecule has 12 heteroatoms. The molecule has 0 aliphatic rings. The Balaban J connectivity index is 1.69. The molecule has 2 rings (SSSR count). The van der Waals surface area contributed by atoms with Crippen molar-refractivity contribution < 1.29 is 42.8 Å². The third-order valence-electron chi connectivity index (χ3n) is 7.07. The maximum Gasteiger partial charge on any atom is 0.407 e. The van der Waals surface area contributed by atoms with Gasteiger partial charge < -0.3 is 39.1 Å². The van der Waals surface area contributed by atoms with Gasteiger partial charge in [-0.1, -0.05) is 77.1 Å². The summed E-state index contributed by atoms with van der Waals surface area (Å²) in [6, 6.07) is 16.8. The van der Waals surface area contributed by atoms with Gasteiger partial charge in [-0.2, -0.15) is 0 Å². The third-order valence-corrected chi connectivity index (χ3v) is 7.07. The quantitative estimate of drug-likeness (QED) is 0.0317. The van der Waals surface area contributed by atoms with Crippen LogP contribution in [0.25, 0.3) is 0 Å². The zero-order chi connectivity index (χ0) is 36.9. The molecule has 2 atom stereocenters. The van der Waals surface area contributed by atoms with Crippen LogP contribution in [0.5, 0.6) is 11.5 Å². The van der Waals surface area contributed by atoms with E-state index in [1.165, 1.54) is 12.5 Å². The summed E-state index contributed by atoms with van der Waals surface area (Å²) in [5.41, 5.74) is 1.88. The number of rotatable bonds is 21. The molecule has 2 unspecified atom stereocenters. The SMILES string of the molecule is C=C(C)C(=N)OCC(COc1ccc(C(C)(C)C)cc1)OC(=O)NCCCCCCNC(=O)OC(COC(=O)C(=C)C)COc1ccccc1. The highest BCUT2D eigenvalue weighted by Crippen LogP contribution is 2.24. The van der Waals surface area contributed by atoms with Gasteiger partial charge in [0.2, 0.25) is 5.90 Å². The summed E-state index contributed by atoms with van der Waals surface area (Å²) in [6.07, 6.45) is 0.154. The molecule has 0 radical (unpaired) electrons. The molecule has 0 fully saturated rings. The van der Waals surface area contributed by atoms with Gasteiger partial charge in [0, 0.05) is 24.2 Å². The Hall–Kier alpha value is -5.00. The zero-order valence-corrected chi connectivity index (χ0v) is 30.0. The fraction of sp³-hybridized carbons (Fsp3) is 0.474. The van der Waals surface area contributed by atoms with Crippen LogP contribution in [0.1, 0.15) is 65.9 Å². The molecule has 0 saturated carbocycles. The Labute approximate surface area is 296 Å². The predicted molar refractivity (Wildman–Crippen MR) is 192 cm³/mol. The first-order chi connectivity index (χ1) is 23.7. The van der Waals surface area contributed by atoms with Crippen molar-refractivity contribution in [1.82, 2.24) is 10.6 Å². The molecule has 274 valence electrons. The van der Waals surface area contributed by atoms with E-state index in [2.05, 4.69) is 44.6 Å². The second kappa shape index (κ2) is 21.9.